The van der Waals surface area contributed by atoms with Crippen molar-refractivity contribution >= 4 is 17.9 Å². The van der Waals surface area contributed by atoms with E-state index in [-0.39, 0.29) is 0 Å². The summed E-state index contributed by atoms with van der Waals surface area (Å²) in [7, 11) is 0. The lowest BCUT2D eigenvalue weighted by atomic mass is 9.95. The van der Waals surface area contributed by atoms with E-state index in [1.807, 2.05) is 0 Å². The smallest absolute Gasteiger partial charge is 0.142 e. The molecule has 0 saturated heterocycles. The van der Waals surface area contributed by atoms with Gasteiger partial charge in [0.1, 0.15) is 12.5 Å². The molecular weight excluding hydrogens is 215 g/mol. The van der Waals surface area contributed by atoms with Gasteiger partial charge in [-0.25, -0.2) is 4.39 Å². The van der Waals surface area contributed by atoms with Crippen LogP contribution in [0.15, 0.2) is 36.4 Å². The Kier molecular flexibility index (Phi) is 2.61. The predicted octanol–water partition coefficient (Wildman–Crippen LogP) is 3.07. The molecule has 1 saturated carbocycles. The van der Waals surface area contributed by atoms with Gasteiger partial charge >= 0.3 is 0 Å². The second kappa shape index (κ2) is 3.78. The molecule has 15 heavy (non-hydrogen) atoms. The highest BCUT2D eigenvalue weighted by Crippen LogP contribution is 2.52. The van der Waals surface area contributed by atoms with E-state index in [1.165, 1.54) is 6.08 Å². The van der Waals surface area contributed by atoms with E-state index in [0.29, 0.717) is 17.7 Å². The highest BCUT2D eigenvalue weighted by molar-refractivity contribution is 6.30. The van der Waals surface area contributed by atoms with Crippen molar-refractivity contribution in [3.63, 3.8) is 0 Å². The zero-order valence-corrected chi connectivity index (χ0v) is 8.75. The van der Waals surface area contributed by atoms with Gasteiger partial charge in [0.25, 0.3) is 0 Å². The lowest BCUT2D eigenvalue weighted by Gasteiger charge is -2.09. The summed E-state index contributed by atoms with van der Waals surface area (Å²) < 4.78 is 13.3. The van der Waals surface area contributed by atoms with Gasteiger partial charge in [-0.2, -0.15) is 0 Å². The number of benzene rings is 1. The Morgan fingerprint density at radius 2 is 2.00 bits per heavy atom. The summed E-state index contributed by atoms with van der Waals surface area (Å²) >= 11 is 5.75. The molecule has 1 aromatic carbocycles. The number of aldehydes is 1. The van der Waals surface area contributed by atoms with Gasteiger partial charge < -0.3 is 0 Å². The first kappa shape index (κ1) is 10.4. The van der Waals surface area contributed by atoms with Crippen LogP contribution in [-0.2, 0) is 10.2 Å². The fraction of sp³-hybridized carbons (Fsp3) is 0.250. The average molecular weight is 225 g/mol. The van der Waals surface area contributed by atoms with E-state index in [9.17, 15) is 9.18 Å². The maximum Gasteiger partial charge on any atom is 0.142 e. The second-order valence-corrected chi connectivity index (χ2v) is 4.15. The van der Waals surface area contributed by atoms with Crippen LogP contribution in [0.2, 0.25) is 5.02 Å². The zero-order valence-electron chi connectivity index (χ0n) is 7.99. The predicted molar refractivity (Wildman–Crippen MR) is 57.8 cm³/mol. The van der Waals surface area contributed by atoms with Crippen molar-refractivity contribution in [1.82, 2.24) is 0 Å². The van der Waals surface area contributed by atoms with Crippen molar-refractivity contribution in [3.8, 4) is 0 Å². The molecule has 2 unspecified atom stereocenters. The molecule has 0 spiro atoms. The lowest BCUT2D eigenvalue weighted by Crippen LogP contribution is -2.06. The van der Waals surface area contributed by atoms with E-state index >= 15 is 0 Å². The highest BCUT2D eigenvalue weighted by atomic mass is 35.5. The zero-order chi connectivity index (χ0) is 10.9. The van der Waals surface area contributed by atoms with Crippen molar-refractivity contribution in [2.24, 2.45) is 0 Å². The Hall–Kier alpha value is -1.15. The van der Waals surface area contributed by atoms with Gasteiger partial charge in [0.2, 0.25) is 0 Å². The summed E-state index contributed by atoms with van der Waals surface area (Å²) in [6.45, 7) is 0. The molecule has 0 heterocycles. The number of hydrogen-bond donors (Lipinski definition) is 0. The third-order valence-electron chi connectivity index (χ3n) is 2.77. The average Bonchev–Trinajstić information content (AvgIpc) is 2.89. The van der Waals surface area contributed by atoms with E-state index in [4.69, 9.17) is 11.6 Å². The summed E-state index contributed by atoms with van der Waals surface area (Å²) in [5.74, 6) is 0. The van der Waals surface area contributed by atoms with Gasteiger partial charge in [0.15, 0.2) is 0 Å². The van der Waals surface area contributed by atoms with Crippen LogP contribution in [-0.4, -0.2) is 12.5 Å². The summed E-state index contributed by atoms with van der Waals surface area (Å²) in [6.07, 6.45) is 3.21. The second-order valence-electron chi connectivity index (χ2n) is 3.71. The Labute approximate surface area is 92.6 Å². The Bertz CT molecular complexity index is 399. The number of rotatable bonds is 3. The number of carbonyl (C=O) groups is 1. The van der Waals surface area contributed by atoms with Crippen LogP contribution in [0, 0.1) is 0 Å². The van der Waals surface area contributed by atoms with Gasteiger partial charge in [-0.15, -0.1) is 0 Å². The van der Waals surface area contributed by atoms with Gasteiger partial charge in [0, 0.05) is 10.4 Å². The molecule has 1 aliphatic rings. The van der Waals surface area contributed by atoms with Crippen molar-refractivity contribution in [2.45, 2.75) is 18.0 Å². The summed E-state index contributed by atoms with van der Waals surface area (Å²) in [5, 5.41) is 0.629. The number of carbonyl (C=O) groups excluding carboxylic acids is 1. The number of alkyl halides is 1. The van der Waals surface area contributed by atoms with Gasteiger partial charge in [-0.1, -0.05) is 29.8 Å². The van der Waals surface area contributed by atoms with E-state index in [1.54, 1.807) is 30.3 Å². The van der Waals surface area contributed by atoms with Crippen molar-refractivity contribution in [1.29, 1.82) is 0 Å². The minimum absolute atomic E-state index is 0.443. The first-order valence-corrected chi connectivity index (χ1v) is 5.10. The minimum atomic E-state index is -0.894. The van der Waals surface area contributed by atoms with Crippen LogP contribution in [0.4, 0.5) is 4.39 Å². The van der Waals surface area contributed by atoms with Crippen LogP contribution in [0.25, 0.3) is 0 Å². The SMILES string of the molecule is O=CC=CC1(c2ccc(Cl)cc2)CC1F. The Morgan fingerprint density at radius 3 is 2.47 bits per heavy atom. The van der Waals surface area contributed by atoms with Crippen molar-refractivity contribution in [3.05, 3.63) is 47.0 Å². The summed E-state index contributed by atoms with van der Waals surface area (Å²) in [4.78, 5) is 10.2. The van der Waals surface area contributed by atoms with Crippen LogP contribution in [0.3, 0.4) is 0 Å². The largest absolute Gasteiger partial charge is 0.299 e. The van der Waals surface area contributed by atoms with Crippen LogP contribution in [0.5, 0.6) is 0 Å². The molecule has 2 atom stereocenters. The highest BCUT2D eigenvalue weighted by Gasteiger charge is 2.54. The number of hydrogen-bond acceptors (Lipinski definition) is 1. The van der Waals surface area contributed by atoms with E-state index < -0.39 is 11.6 Å². The monoisotopic (exact) mass is 224 g/mol. The molecule has 2 rings (SSSR count). The normalized spacial score (nSPS) is 29.3. The molecule has 0 N–H and O–H groups in total. The van der Waals surface area contributed by atoms with Crippen LogP contribution < -0.4 is 0 Å². The van der Waals surface area contributed by atoms with E-state index in [0.717, 1.165) is 5.56 Å². The molecule has 3 heteroatoms. The Morgan fingerprint density at radius 1 is 1.40 bits per heavy atom. The first-order chi connectivity index (χ1) is 7.19. The fourth-order valence-corrected chi connectivity index (χ4v) is 1.90. The molecule has 1 nitrogen and oxygen atoms in total. The first-order valence-electron chi connectivity index (χ1n) is 4.72. The number of allylic oxidation sites excluding steroid dienone is 2. The summed E-state index contributed by atoms with van der Waals surface area (Å²) in [6, 6.07) is 7.07. The van der Waals surface area contributed by atoms with E-state index in [2.05, 4.69) is 0 Å². The van der Waals surface area contributed by atoms with Crippen molar-refractivity contribution < 1.29 is 9.18 Å². The summed E-state index contributed by atoms with van der Waals surface area (Å²) in [5.41, 5.74) is 0.281. The third-order valence-corrected chi connectivity index (χ3v) is 3.02. The Balaban J connectivity index is 2.31. The third kappa shape index (κ3) is 1.82. The quantitative estimate of drug-likeness (QED) is 0.570. The molecule has 78 valence electrons. The number of halogens is 2. The minimum Gasteiger partial charge on any atom is -0.299 e. The van der Waals surface area contributed by atoms with Gasteiger partial charge in [0.05, 0.1) is 0 Å². The van der Waals surface area contributed by atoms with Crippen LogP contribution >= 0.6 is 11.6 Å². The molecule has 0 radical (unpaired) electrons. The fourth-order valence-electron chi connectivity index (χ4n) is 1.78. The molecule has 0 bridgehead atoms. The maximum atomic E-state index is 13.3. The topological polar surface area (TPSA) is 17.1 Å². The van der Waals surface area contributed by atoms with Gasteiger partial charge in [-0.05, 0) is 30.2 Å². The molecule has 1 fully saturated rings. The molecular formula is C12H10ClFO. The molecule has 1 aromatic rings. The molecule has 1 aliphatic carbocycles. The van der Waals surface area contributed by atoms with Crippen LogP contribution in [0.1, 0.15) is 12.0 Å². The lowest BCUT2D eigenvalue weighted by molar-refractivity contribution is -0.104. The standard InChI is InChI=1S/C12H10ClFO/c13-10-4-2-9(3-5-10)12(6-1-7-15)8-11(12)14/h1-7,11H,8H2. The maximum absolute atomic E-state index is 13.3. The molecule has 0 aliphatic heterocycles. The van der Waals surface area contributed by atoms with Gasteiger partial charge in [-0.3, -0.25) is 4.79 Å². The molecule has 0 aromatic heterocycles. The van der Waals surface area contributed by atoms with Crippen molar-refractivity contribution in [2.75, 3.05) is 0 Å². The molecule has 0 amide bonds.